The van der Waals surface area contributed by atoms with Crippen LogP contribution in [0.2, 0.25) is 0 Å². The lowest BCUT2D eigenvalue weighted by atomic mass is 9.71. The smallest absolute Gasteiger partial charge is 0.0924 e. The van der Waals surface area contributed by atoms with E-state index in [1.54, 1.807) is 0 Å². The van der Waals surface area contributed by atoms with Gasteiger partial charge in [0.1, 0.15) is 0 Å². The molecule has 0 radical (unpaired) electrons. The molecule has 0 aromatic heterocycles. The Hall–Kier alpha value is -0.820. The fourth-order valence-electron chi connectivity index (χ4n) is 2.79. The van der Waals surface area contributed by atoms with E-state index in [2.05, 4.69) is 26.0 Å². The molecule has 0 aliphatic heterocycles. The quantitative estimate of drug-likeness (QED) is 0.743. The molecule has 1 fully saturated rings. The average Bonchev–Trinajstić information content (AvgIpc) is 2.23. The van der Waals surface area contributed by atoms with Gasteiger partial charge in [-0.05, 0) is 36.8 Å². The van der Waals surface area contributed by atoms with Gasteiger partial charge in [0.05, 0.1) is 5.60 Å². The maximum Gasteiger partial charge on any atom is 0.0924 e. The minimum absolute atomic E-state index is 0.382. The Balaban J connectivity index is 2.39. The normalized spacial score (nSPS) is 31.5. The van der Waals surface area contributed by atoms with Gasteiger partial charge in [-0.2, -0.15) is 0 Å². The second kappa shape index (κ2) is 3.97. The number of hydrogen-bond acceptors (Lipinski definition) is 1. The second-order valence-electron chi connectivity index (χ2n) is 4.89. The summed E-state index contributed by atoms with van der Waals surface area (Å²) in [6, 6.07) is 8.24. The van der Waals surface area contributed by atoms with Crippen molar-refractivity contribution in [2.45, 2.75) is 45.1 Å². The Morgan fingerprint density at radius 3 is 2.67 bits per heavy atom. The minimum Gasteiger partial charge on any atom is -0.385 e. The first-order valence-electron chi connectivity index (χ1n) is 5.93. The molecule has 1 aromatic rings. The van der Waals surface area contributed by atoms with Crippen molar-refractivity contribution in [3.05, 3.63) is 35.4 Å². The topological polar surface area (TPSA) is 20.2 Å². The highest BCUT2D eigenvalue weighted by Crippen LogP contribution is 2.42. The summed E-state index contributed by atoms with van der Waals surface area (Å²) in [5.41, 5.74) is 1.77. The summed E-state index contributed by atoms with van der Waals surface area (Å²) >= 11 is 0. The predicted octanol–water partition coefficient (Wildman–Crippen LogP) is 3.39. The van der Waals surface area contributed by atoms with Gasteiger partial charge in [0, 0.05) is 0 Å². The molecule has 1 N–H and O–H groups in total. The zero-order chi connectivity index (χ0) is 10.9. The van der Waals surface area contributed by atoms with Crippen LogP contribution in [0, 0.1) is 12.8 Å². The van der Waals surface area contributed by atoms with Crippen molar-refractivity contribution >= 4 is 0 Å². The molecule has 0 bridgehead atoms. The Labute approximate surface area is 92.1 Å². The van der Waals surface area contributed by atoms with E-state index in [1.807, 2.05) is 12.1 Å². The van der Waals surface area contributed by atoms with Gasteiger partial charge in [-0.25, -0.2) is 0 Å². The van der Waals surface area contributed by atoms with Gasteiger partial charge < -0.3 is 5.11 Å². The summed E-state index contributed by atoms with van der Waals surface area (Å²) in [7, 11) is 0. The summed E-state index contributed by atoms with van der Waals surface area (Å²) in [4.78, 5) is 0. The van der Waals surface area contributed by atoms with Crippen LogP contribution < -0.4 is 0 Å². The van der Waals surface area contributed by atoms with E-state index in [-0.39, 0.29) is 0 Å². The van der Waals surface area contributed by atoms with E-state index >= 15 is 0 Å². The van der Waals surface area contributed by atoms with Crippen LogP contribution >= 0.6 is 0 Å². The highest BCUT2D eigenvalue weighted by atomic mass is 16.3. The third-order valence-corrected chi connectivity index (χ3v) is 3.87. The molecule has 1 nitrogen and oxygen atoms in total. The zero-order valence-corrected chi connectivity index (χ0v) is 9.66. The molecule has 82 valence electrons. The van der Waals surface area contributed by atoms with Crippen LogP contribution in [0.4, 0.5) is 0 Å². The van der Waals surface area contributed by atoms with Crippen molar-refractivity contribution in [3.63, 3.8) is 0 Å². The van der Waals surface area contributed by atoms with Crippen LogP contribution in [0.5, 0.6) is 0 Å². The molecule has 0 amide bonds. The Bertz CT molecular complexity index is 345. The molecule has 1 aliphatic rings. The molecule has 0 saturated heterocycles. The standard InChI is InChI=1S/C14H20O/c1-11-7-3-4-9-13(11)14(15)10-6-5-8-12(14)2/h3-4,7,9,12,15H,5-6,8,10H2,1-2H3/t12-,14+/m1/s1. The number of benzene rings is 1. The maximum absolute atomic E-state index is 10.8. The fraction of sp³-hybridized carbons (Fsp3) is 0.571. The van der Waals surface area contributed by atoms with Gasteiger partial charge in [-0.15, -0.1) is 0 Å². The third-order valence-electron chi connectivity index (χ3n) is 3.87. The van der Waals surface area contributed by atoms with Gasteiger partial charge >= 0.3 is 0 Å². The van der Waals surface area contributed by atoms with Crippen LogP contribution in [-0.4, -0.2) is 5.11 Å². The van der Waals surface area contributed by atoms with E-state index in [0.29, 0.717) is 5.92 Å². The van der Waals surface area contributed by atoms with E-state index in [9.17, 15) is 5.11 Å². The molecular weight excluding hydrogens is 184 g/mol. The molecule has 0 heterocycles. The molecule has 2 atom stereocenters. The number of aryl methyl sites for hydroxylation is 1. The van der Waals surface area contributed by atoms with Crippen molar-refractivity contribution < 1.29 is 5.11 Å². The first kappa shape index (κ1) is 10.7. The molecule has 1 aliphatic carbocycles. The van der Waals surface area contributed by atoms with Crippen LogP contribution in [0.25, 0.3) is 0 Å². The molecule has 1 heteroatoms. The van der Waals surface area contributed by atoms with E-state index in [4.69, 9.17) is 0 Å². The summed E-state index contributed by atoms with van der Waals surface area (Å²) in [6.45, 7) is 4.26. The molecule has 2 rings (SSSR count). The maximum atomic E-state index is 10.8. The molecular formula is C14H20O. The molecule has 0 spiro atoms. The predicted molar refractivity (Wildman–Crippen MR) is 62.7 cm³/mol. The van der Waals surface area contributed by atoms with Crippen molar-refractivity contribution in [2.24, 2.45) is 5.92 Å². The Kier molecular flexibility index (Phi) is 2.83. The zero-order valence-electron chi connectivity index (χ0n) is 9.66. The largest absolute Gasteiger partial charge is 0.385 e. The van der Waals surface area contributed by atoms with Gasteiger partial charge in [-0.3, -0.25) is 0 Å². The fourth-order valence-corrected chi connectivity index (χ4v) is 2.79. The van der Waals surface area contributed by atoms with Gasteiger partial charge in [-0.1, -0.05) is 44.0 Å². The molecule has 1 aromatic carbocycles. The van der Waals surface area contributed by atoms with E-state index < -0.39 is 5.60 Å². The van der Waals surface area contributed by atoms with E-state index in [0.717, 1.165) is 24.8 Å². The summed E-state index contributed by atoms with van der Waals surface area (Å²) < 4.78 is 0. The van der Waals surface area contributed by atoms with Crippen molar-refractivity contribution in [1.82, 2.24) is 0 Å². The van der Waals surface area contributed by atoms with Crippen molar-refractivity contribution in [2.75, 3.05) is 0 Å². The summed E-state index contributed by atoms with van der Waals surface area (Å²) in [6.07, 6.45) is 4.47. The first-order valence-corrected chi connectivity index (χ1v) is 5.93. The van der Waals surface area contributed by atoms with Crippen LogP contribution in [0.15, 0.2) is 24.3 Å². The number of aliphatic hydroxyl groups is 1. The number of rotatable bonds is 1. The van der Waals surface area contributed by atoms with Crippen LogP contribution in [0.1, 0.15) is 43.7 Å². The first-order chi connectivity index (χ1) is 7.14. The van der Waals surface area contributed by atoms with Crippen molar-refractivity contribution in [1.29, 1.82) is 0 Å². The lowest BCUT2D eigenvalue weighted by Gasteiger charge is -2.39. The molecule has 1 saturated carbocycles. The van der Waals surface area contributed by atoms with Gasteiger partial charge in [0.2, 0.25) is 0 Å². The van der Waals surface area contributed by atoms with Crippen LogP contribution in [0.3, 0.4) is 0 Å². The summed E-state index contributed by atoms with van der Waals surface area (Å²) in [5.74, 6) is 0.382. The van der Waals surface area contributed by atoms with E-state index in [1.165, 1.54) is 12.0 Å². The average molecular weight is 204 g/mol. The van der Waals surface area contributed by atoms with Crippen molar-refractivity contribution in [3.8, 4) is 0 Å². The Morgan fingerprint density at radius 2 is 2.00 bits per heavy atom. The number of hydrogen-bond donors (Lipinski definition) is 1. The summed E-state index contributed by atoms with van der Waals surface area (Å²) in [5, 5.41) is 10.8. The Morgan fingerprint density at radius 1 is 1.27 bits per heavy atom. The second-order valence-corrected chi connectivity index (χ2v) is 4.89. The van der Waals surface area contributed by atoms with Gasteiger partial charge in [0.25, 0.3) is 0 Å². The van der Waals surface area contributed by atoms with Crippen LogP contribution in [-0.2, 0) is 5.60 Å². The highest BCUT2D eigenvalue weighted by molar-refractivity contribution is 5.32. The molecule has 15 heavy (non-hydrogen) atoms. The third kappa shape index (κ3) is 1.81. The SMILES string of the molecule is Cc1ccccc1[C@]1(O)CCCC[C@H]1C. The van der Waals surface area contributed by atoms with Gasteiger partial charge in [0.15, 0.2) is 0 Å². The lowest BCUT2D eigenvalue weighted by molar-refractivity contribution is -0.0474. The lowest BCUT2D eigenvalue weighted by Crippen LogP contribution is -2.36. The molecule has 0 unspecified atom stereocenters. The minimum atomic E-state index is -0.580. The monoisotopic (exact) mass is 204 g/mol. The highest BCUT2D eigenvalue weighted by Gasteiger charge is 2.38.